The maximum absolute atomic E-state index is 5.77. The van der Waals surface area contributed by atoms with Crippen LogP contribution >= 0.6 is 0 Å². The standard InChI is InChI=1S/C16H21N3O2/c1-17-13-9-5-4-8-12(13)14-18-15(19-21-14)16(20-2)10-6-3-7-11-16/h4-5,8-9,17H,3,6-7,10-11H2,1-2H3. The Morgan fingerprint density at radius 3 is 2.67 bits per heavy atom. The average molecular weight is 287 g/mol. The summed E-state index contributed by atoms with van der Waals surface area (Å²) >= 11 is 0. The fraction of sp³-hybridized carbons (Fsp3) is 0.500. The Labute approximate surface area is 124 Å². The van der Waals surface area contributed by atoms with Crippen LogP contribution in [0.15, 0.2) is 28.8 Å². The van der Waals surface area contributed by atoms with Crippen LogP contribution in [-0.4, -0.2) is 24.3 Å². The fourth-order valence-corrected chi connectivity index (χ4v) is 3.05. The Kier molecular flexibility index (Phi) is 3.92. The minimum Gasteiger partial charge on any atom is -0.387 e. The van der Waals surface area contributed by atoms with Crippen molar-refractivity contribution in [2.75, 3.05) is 19.5 Å². The van der Waals surface area contributed by atoms with Gasteiger partial charge in [0.25, 0.3) is 5.89 Å². The lowest BCUT2D eigenvalue weighted by molar-refractivity contribution is -0.0527. The van der Waals surface area contributed by atoms with Crippen molar-refractivity contribution in [1.82, 2.24) is 10.1 Å². The number of hydrogen-bond donors (Lipinski definition) is 1. The molecule has 0 radical (unpaired) electrons. The summed E-state index contributed by atoms with van der Waals surface area (Å²) in [7, 11) is 3.62. The molecule has 1 N–H and O–H groups in total. The molecule has 0 aliphatic heterocycles. The molecule has 0 bridgehead atoms. The molecule has 0 amide bonds. The number of anilines is 1. The van der Waals surface area contributed by atoms with Crippen LogP contribution in [0.3, 0.4) is 0 Å². The van der Waals surface area contributed by atoms with E-state index in [1.54, 1.807) is 7.11 Å². The number of hydrogen-bond acceptors (Lipinski definition) is 5. The van der Waals surface area contributed by atoms with Crippen LogP contribution in [-0.2, 0) is 10.3 Å². The highest BCUT2D eigenvalue weighted by Gasteiger charge is 2.38. The minimum atomic E-state index is -0.380. The van der Waals surface area contributed by atoms with E-state index in [9.17, 15) is 0 Å². The summed E-state index contributed by atoms with van der Waals surface area (Å²) in [5.74, 6) is 1.21. The van der Waals surface area contributed by atoms with Crippen molar-refractivity contribution in [3.05, 3.63) is 30.1 Å². The average Bonchev–Trinajstić information content (AvgIpc) is 3.06. The molecule has 0 saturated heterocycles. The normalized spacial score (nSPS) is 17.6. The zero-order chi connectivity index (χ0) is 14.7. The predicted molar refractivity (Wildman–Crippen MR) is 81.1 cm³/mol. The van der Waals surface area contributed by atoms with Gasteiger partial charge < -0.3 is 14.6 Å². The highest BCUT2D eigenvalue weighted by molar-refractivity contribution is 5.72. The number of nitrogens with one attached hydrogen (secondary N) is 1. The van der Waals surface area contributed by atoms with Gasteiger partial charge in [0, 0.05) is 19.8 Å². The van der Waals surface area contributed by atoms with E-state index in [4.69, 9.17) is 9.26 Å². The van der Waals surface area contributed by atoms with E-state index in [1.807, 2.05) is 31.3 Å². The lowest BCUT2D eigenvalue weighted by Crippen LogP contribution is -2.32. The maximum Gasteiger partial charge on any atom is 0.260 e. The first-order valence-electron chi connectivity index (χ1n) is 7.45. The first kappa shape index (κ1) is 14.1. The number of para-hydroxylation sites is 1. The number of benzene rings is 1. The molecule has 0 atom stereocenters. The van der Waals surface area contributed by atoms with E-state index in [2.05, 4.69) is 15.5 Å². The highest BCUT2D eigenvalue weighted by atomic mass is 16.5. The highest BCUT2D eigenvalue weighted by Crippen LogP contribution is 2.39. The summed E-state index contributed by atoms with van der Waals surface area (Å²) in [5, 5.41) is 7.34. The smallest absolute Gasteiger partial charge is 0.260 e. The molecule has 112 valence electrons. The van der Waals surface area contributed by atoms with Crippen LogP contribution in [0.25, 0.3) is 11.5 Å². The SMILES string of the molecule is CNc1ccccc1-c1nc(C2(OC)CCCCC2)no1. The largest absolute Gasteiger partial charge is 0.387 e. The van der Waals surface area contributed by atoms with Crippen molar-refractivity contribution >= 4 is 5.69 Å². The van der Waals surface area contributed by atoms with E-state index in [0.717, 1.165) is 36.9 Å². The van der Waals surface area contributed by atoms with Gasteiger partial charge in [-0.3, -0.25) is 0 Å². The molecular weight excluding hydrogens is 266 g/mol. The monoisotopic (exact) mass is 287 g/mol. The first-order chi connectivity index (χ1) is 10.3. The van der Waals surface area contributed by atoms with Gasteiger partial charge in [-0.1, -0.05) is 36.6 Å². The lowest BCUT2D eigenvalue weighted by atomic mass is 9.84. The maximum atomic E-state index is 5.77. The van der Waals surface area contributed by atoms with Crippen molar-refractivity contribution in [1.29, 1.82) is 0 Å². The van der Waals surface area contributed by atoms with Crippen molar-refractivity contribution in [2.24, 2.45) is 0 Å². The molecule has 1 fully saturated rings. The van der Waals surface area contributed by atoms with Gasteiger partial charge in [0.2, 0.25) is 5.82 Å². The minimum absolute atomic E-state index is 0.380. The van der Waals surface area contributed by atoms with Crippen LogP contribution < -0.4 is 5.32 Å². The van der Waals surface area contributed by atoms with Crippen LogP contribution in [0, 0.1) is 0 Å². The third-order valence-corrected chi connectivity index (χ3v) is 4.31. The van der Waals surface area contributed by atoms with Crippen molar-refractivity contribution in [2.45, 2.75) is 37.7 Å². The third kappa shape index (κ3) is 2.53. The second-order valence-electron chi connectivity index (χ2n) is 5.48. The summed E-state index contributed by atoms with van der Waals surface area (Å²) in [4.78, 5) is 4.61. The van der Waals surface area contributed by atoms with Gasteiger partial charge in [-0.15, -0.1) is 0 Å². The Balaban J connectivity index is 1.96. The van der Waals surface area contributed by atoms with Gasteiger partial charge in [-0.25, -0.2) is 0 Å². The van der Waals surface area contributed by atoms with Gasteiger partial charge in [-0.05, 0) is 25.0 Å². The number of methoxy groups -OCH3 is 1. The van der Waals surface area contributed by atoms with Crippen LogP contribution in [0.2, 0.25) is 0 Å². The van der Waals surface area contributed by atoms with E-state index in [1.165, 1.54) is 6.42 Å². The van der Waals surface area contributed by atoms with E-state index < -0.39 is 0 Å². The zero-order valence-corrected chi connectivity index (χ0v) is 12.6. The summed E-state index contributed by atoms with van der Waals surface area (Å²) in [6.45, 7) is 0. The van der Waals surface area contributed by atoms with Gasteiger partial charge in [0.1, 0.15) is 5.60 Å². The Bertz CT molecular complexity index is 603. The molecule has 0 spiro atoms. The van der Waals surface area contributed by atoms with Crippen molar-refractivity contribution in [3.63, 3.8) is 0 Å². The summed E-state index contributed by atoms with van der Waals surface area (Å²) in [6, 6.07) is 7.91. The quantitative estimate of drug-likeness (QED) is 0.931. The van der Waals surface area contributed by atoms with E-state index in [-0.39, 0.29) is 5.60 Å². The van der Waals surface area contributed by atoms with Gasteiger partial charge in [0.15, 0.2) is 0 Å². The second-order valence-corrected chi connectivity index (χ2v) is 5.48. The predicted octanol–water partition coefficient (Wildman–Crippen LogP) is 3.58. The molecule has 0 unspecified atom stereocenters. The van der Waals surface area contributed by atoms with E-state index in [0.29, 0.717) is 11.7 Å². The molecule has 1 aromatic heterocycles. The molecule has 2 aromatic rings. The number of rotatable bonds is 4. The molecule has 3 rings (SSSR count). The molecule has 21 heavy (non-hydrogen) atoms. The Morgan fingerprint density at radius 2 is 1.95 bits per heavy atom. The van der Waals surface area contributed by atoms with Gasteiger partial charge in [-0.2, -0.15) is 4.98 Å². The fourth-order valence-electron chi connectivity index (χ4n) is 3.05. The van der Waals surface area contributed by atoms with Crippen LogP contribution in [0.5, 0.6) is 0 Å². The molecule has 1 heterocycles. The molecular formula is C16H21N3O2. The molecule has 1 aromatic carbocycles. The zero-order valence-electron chi connectivity index (χ0n) is 12.6. The van der Waals surface area contributed by atoms with Crippen molar-refractivity contribution < 1.29 is 9.26 Å². The molecule has 5 nitrogen and oxygen atoms in total. The summed E-state index contributed by atoms with van der Waals surface area (Å²) < 4.78 is 11.3. The summed E-state index contributed by atoms with van der Waals surface area (Å²) in [5.41, 5.74) is 1.51. The number of ether oxygens (including phenoxy) is 1. The third-order valence-electron chi connectivity index (χ3n) is 4.31. The lowest BCUT2D eigenvalue weighted by Gasteiger charge is -2.32. The van der Waals surface area contributed by atoms with Gasteiger partial charge in [0.05, 0.1) is 5.56 Å². The van der Waals surface area contributed by atoms with Crippen molar-refractivity contribution in [3.8, 4) is 11.5 Å². The number of aromatic nitrogens is 2. The first-order valence-corrected chi connectivity index (χ1v) is 7.45. The second kappa shape index (κ2) is 5.85. The number of nitrogens with zero attached hydrogens (tertiary/aromatic N) is 2. The molecule has 1 aliphatic rings. The molecule has 1 aliphatic carbocycles. The molecule has 5 heteroatoms. The van der Waals surface area contributed by atoms with Crippen LogP contribution in [0.4, 0.5) is 5.69 Å². The van der Waals surface area contributed by atoms with Crippen LogP contribution in [0.1, 0.15) is 37.9 Å². The Hall–Kier alpha value is -1.88. The molecule has 1 saturated carbocycles. The van der Waals surface area contributed by atoms with E-state index >= 15 is 0 Å². The Morgan fingerprint density at radius 1 is 1.19 bits per heavy atom. The van der Waals surface area contributed by atoms with Gasteiger partial charge >= 0.3 is 0 Å². The topological polar surface area (TPSA) is 60.2 Å². The summed E-state index contributed by atoms with van der Waals surface area (Å²) in [6.07, 6.45) is 5.44.